The molecule has 2 atom stereocenters. The van der Waals surface area contributed by atoms with Crippen LogP contribution in [0, 0.1) is 11.8 Å². The molecule has 1 saturated carbocycles. The van der Waals surface area contributed by atoms with Crippen molar-refractivity contribution >= 4 is 23.4 Å². The molecule has 32 heavy (non-hydrogen) atoms. The molecular formula is C25H36N4O3. The first-order valence-electron chi connectivity index (χ1n) is 12.1. The molecule has 0 radical (unpaired) electrons. The van der Waals surface area contributed by atoms with E-state index in [1.54, 1.807) is 11.0 Å². The summed E-state index contributed by atoms with van der Waals surface area (Å²) in [5.74, 6) is -0.436. The third-order valence-corrected chi connectivity index (χ3v) is 7.64. The molecule has 1 saturated heterocycles. The molecule has 2 aliphatic heterocycles. The Morgan fingerprint density at radius 2 is 1.84 bits per heavy atom. The van der Waals surface area contributed by atoms with Crippen LogP contribution < -0.4 is 10.2 Å². The SMILES string of the molecule is CCN(CC)CCN1C(=O)[C@@H]2CN(C(=O)C3CCCC3)C[C@]2(C)NC(=O)c2ccccc21. The van der Waals surface area contributed by atoms with Gasteiger partial charge in [0, 0.05) is 32.1 Å². The number of hydrogen-bond acceptors (Lipinski definition) is 4. The van der Waals surface area contributed by atoms with Crippen molar-refractivity contribution in [1.82, 2.24) is 15.1 Å². The highest BCUT2D eigenvalue weighted by molar-refractivity contribution is 6.08. The fourth-order valence-electron chi connectivity index (χ4n) is 5.62. The van der Waals surface area contributed by atoms with Gasteiger partial charge >= 0.3 is 0 Å². The maximum Gasteiger partial charge on any atom is 0.253 e. The minimum Gasteiger partial charge on any atom is -0.344 e. The number of rotatable bonds is 6. The molecule has 0 spiro atoms. The predicted molar refractivity (Wildman–Crippen MR) is 124 cm³/mol. The highest BCUT2D eigenvalue weighted by Crippen LogP contribution is 2.37. The number of hydrogen-bond donors (Lipinski definition) is 1. The number of para-hydroxylation sites is 1. The third-order valence-electron chi connectivity index (χ3n) is 7.64. The Bertz CT molecular complexity index is 878. The van der Waals surface area contributed by atoms with Crippen molar-refractivity contribution in [3.8, 4) is 0 Å². The number of carbonyl (C=O) groups excluding carboxylic acids is 3. The number of nitrogens with zero attached hydrogens (tertiary/aromatic N) is 3. The lowest BCUT2D eigenvalue weighted by atomic mass is 9.86. The van der Waals surface area contributed by atoms with Crippen LogP contribution in [0.5, 0.6) is 0 Å². The standard InChI is InChI=1S/C25H36N4O3/c1-4-27(5-2)14-15-29-21-13-9-8-12-19(21)22(30)26-25(3)17-28(16-20(25)24(29)32)23(31)18-10-6-7-11-18/h8-9,12-13,18,20H,4-7,10-11,14-17H2,1-3H3,(H,26,30)/t20-,25-/m0/s1. The molecule has 7 heteroatoms. The number of nitrogens with one attached hydrogen (secondary N) is 1. The number of fused-ring (bicyclic) bond motifs is 2. The maximum atomic E-state index is 14.0. The fraction of sp³-hybridized carbons (Fsp3) is 0.640. The summed E-state index contributed by atoms with van der Waals surface area (Å²) >= 11 is 0. The van der Waals surface area contributed by atoms with E-state index in [9.17, 15) is 14.4 Å². The second-order valence-corrected chi connectivity index (χ2v) is 9.66. The summed E-state index contributed by atoms with van der Waals surface area (Å²) in [6.07, 6.45) is 4.04. The van der Waals surface area contributed by atoms with Crippen molar-refractivity contribution in [2.24, 2.45) is 11.8 Å². The van der Waals surface area contributed by atoms with E-state index in [4.69, 9.17) is 0 Å². The number of likely N-dealkylation sites (N-methyl/N-ethyl adjacent to an activating group) is 1. The van der Waals surface area contributed by atoms with Gasteiger partial charge in [-0.15, -0.1) is 0 Å². The average molecular weight is 441 g/mol. The van der Waals surface area contributed by atoms with Crippen LogP contribution in [-0.2, 0) is 9.59 Å². The van der Waals surface area contributed by atoms with Crippen LogP contribution >= 0.6 is 0 Å². The van der Waals surface area contributed by atoms with E-state index in [-0.39, 0.29) is 23.6 Å². The van der Waals surface area contributed by atoms with Gasteiger partial charge in [-0.25, -0.2) is 0 Å². The Morgan fingerprint density at radius 3 is 2.53 bits per heavy atom. The molecule has 1 N–H and O–H groups in total. The second kappa shape index (κ2) is 9.22. The molecule has 174 valence electrons. The minimum atomic E-state index is -0.774. The number of likely N-dealkylation sites (tertiary alicyclic amines) is 1. The molecule has 1 aromatic carbocycles. The summed E-state index contributed by atoms with van der Waals surface area (Å²) in [6, 6.07) is 7.34. The van der Waals surface area contributed by atoms with Crippen LogP contribution in [0.3, 0.4) is 0 Å². The smallest absolute Gasteiger partial charge is 0.253 e. The largest absolute Gasteiger partial charge is 0.344 e. The Morgan fingerprint density at radius 1 is 1.16 bits per heavy atom. The number of carbonyl (C=O) groups is 3. The molecule has 3 amide bonds. The number of anilines is 1. The van der Waals surface area contributed by atoms with Crippen molar-refractivity contribution in [1.29, 1.82) is 0 Å². The van der Waals surface area contributed by atoms with E-state index in [0.717, 1.165) is 45.3 Å². The summed E-state index contributed by atoms with van der Waals surface area (Å²) in [6.45, 7) is 9.98. The molecule has 0 bridgehead atoms. The first-order valence-corrected chi connectivity index (χ1v) is 12.1. The average Bonchev–Trinajstić information content (AvgIpc) is 3.44. The highest BCUT2D eigenvalue weighted by atomic mass is 16.2. The van der Waals surface area contributed by atoms with E-state index >= 15 is 0 Å². The maximum absolute atomic E-state index is 14.0. The van der Waals surface area contributed by atoms with Gasteiger partial charge in [0.1, 0.15) is 0 Å². The third kappa shape index (κ3) is 4.15. The fourth-order valence-corrected chi connectivity index (χ4v) is 5.62. The molecule has 3 aliphatic rings. The summed E-state index contributed by atoms with van der Waals surface area (Å²) in [5, 5.41) is 3.14. The quantitative estimate of drug-likeness (QED) is 0.738. The van der Waals surface area contributed by atoms with Gasteiger partial charge in [-0.05, 0) is 45.0 Å². The van der Waals surface area contributed by atoms with E-state index in [0.29, 0.717) is 30.9 Å². The number of amides is 3. The van der Waals surface area contributed by atoms with Crippen LogP contribution in [0.15, 0.2) is 24.3 Å². The van der Waals surface area contributed by atoms with E-state index in [1.165, 1.54) is 0 Å². The Kier molecular flexibility index (Phi) is 6.56. The van der Waals surface area contributed by atoms with Crippen LogP contribution in [0.25, 0.3) is 0 Å². The molecule has 0 unspecified atom stereocenters. The van der Waals surface area contributed by atoms with Gasteiger partial charge in [0.2, 0.25) is 11.8 Å². The summed E-state index contributed by atoms with van der Waals surface area (Å²) in [5.41, 5.74) is 0.397. The normalized spacial score (nSPS) is 26.1. The molecular weight excluding hydrogens is 404 g/mol. The zero-order valence-electron chi connectivity index (χ0n) is 19.6. The van der Waals surface area contributed by atoms with Crippen molar-refractivity contribution in [2.75, 3.05) is 44.2 Å². The Balaban J connectivity index is 1.66. The van der Waals surface area contributed by atoms with Crippen molar-refractivity contribution in [2.45, 2.75) is 52.0 Å². The molecule has 2 heterocycles. The van der Waals surface area contributed by atoms with E-state index in [2.05, 4.69) is 24.1 Å². The first kappa shape index (κ1) is 22.8. The highest BCUT2D eigenvalue weighted by Gasteiger charge is 2.52. The molecule has 1 aliphatic carbocycles. The summed E-state index contributed by atoms with van der Waals surface area (Å²) < 4.78 is 0. The first-order chi connectivity index (χ1) is 15.4. The monoisotopic (exact) mass is 440 g/mol. The molecule has 2 fully saturated rings. The lowest BCUT2D eigenvalue weighted by molar-refractivity contribution is -0.134. The topological polar surface area (TPSA) is 73.0 Å². The van der Waals surface area contributed by atoms with Crippen LogP contribution in [0.2, 0.25) is 0 Å². The van der Waals surface area contributed by atoms with E-state index in [1.807, 2.05) is 30.0 Å². The van der Waals surface area contributed by atoms with Crippen molar-refractivity contribution in [3.63, 3.8) is 0 Å². The van der Waals surface area contributed by atoms with Crippen molar-refractivity contribution in [3.05, 3.63) is 29.8 Å². The lowest BCUT2D eigenvalue weighted by Gasteiger charge is -2.38. The van der Waals surface area contributed by atoms with Gasteiger partial charge in [0.25, 0.3) is 5.91 Å². The second-order valence-electron chi connectivity index (χ2n) is 9.66. The van der Waals surface area contributed by atoms with Crippen LogP contribution in [-0.4, -0.2) is 72.3 Å². The molecule has 0 aromatic heterocycles. The Labute approximate surface area is 191 Å². The Hall–Kier alpha value is -2.41. The van der Waals surface area contributed by atoms with E-state index < -0.39 is 11.5 Å². The van der Waals surface area contributed by atoms with Gasteiger partial charge in [-0.1, -0.05) is 38.8 Å². The van der Waals surface area contributed by atoms with Gasteiger partial charge in [-0.2, -0.15) is 0 Å². The minimum absolute atomic E-state index is 0.00571. The zero-order valence-corrected chi connectivity index (χ0v) is 19.6. The van der Waals surface area contributed by atoms with Gasteiger partial charge in [0.05, 0.1) is 22.7 Å². The summed E-state index contributed by atoms with van der Waals surface area (Å²) in [4.78, 5) is 46.3. The molecule has 4 rings (SSSR count). The lowest BCUT2D eigenvalue weighted by Crippen LogP contribution is -2.59. The van der Waals surface area contributed by atoms with Gasteiger partial charge in [0.15, 0.2) is 0 Å². The van der Waals surface area contributed by atoms with Crippen molar-refractivity contribution < 1.29 is 14.4 Å². The molecule has 1 aromatic rings. The van der Waals surface area contributed by atoms with Gasteiger partial charge < -0.3 is 20.0 Å². The van der Waals surface area contributed by atoms with Crippen LogP contribution in [0.4, 0.5) is 5.69 Å². The predicted octanol–water partition coefficient (Wildman–Crippen LogP) is 2.51. The van der Waals surface area contributed by atoms with Gasteiger partial charge in [-0.3, -0.25) is 14.4 Å². The summed E-state index contributed by atoms with van der Waals surface area (Å²) in [7, 11) is 0. The van der Waals surface area contributed by atoms with Crippen LogP contribution in [0.1, 0.15) is 56.8 Å². The number of benzene rings is 1. The zero-order chi connectivity index (χ0) is 22.9. The molecule has 7 nitrogen and oxygen atoms in total.